The Morgan fingerprint density at radius 1 is 1.17 bits per heavy atom. The second-order valence-electron chi connectivity index (χ2n) is 5.63. The van der Waals surface area contributed by atoms with Crippen LogP contribution in [0.4, 0.5) is 0 Å². The van der Waals surface area contributed by atoms with E-state index in [2.05, 4.69) is 24.1 Å². The summed E-state index contributed by atoms with van der Waals surface area (Å²) in [5.74, 6) is -2.22. The SMILES string of the molecule is CCC(C)N1CCNCC1.Cc1c(C(=O)O)cccc1C(=O)O. The molecule has 23 heavy (non-hydrogen) atoms. The molecule has 1 aliphatic heterocycles. The fraction of sp³-hybridized carbons (Fsp3) is 0.529. The summed E-state index contributed by atoms with van der Waals surface area (Å²) < 4.78 is 0. The molecule has 0 aromatic heterocycles. The van der Waals surface area contributed by atoms with Crippen molar-refractivity contribution < 1.29 is 19.8 Å². The fourth-order valence-corrected chi connectivity index (χ4v) is 2.48. The third kappa shape index (κ3) is 5.65. The van der Waals surface area contributed by atoms with Gasteiger partial charge in [-0.25, -0.2) is 9.59 Å². The number of hydrogen-bond acceptors (Lipinski definition) is 4. The third-order valence-corrected chi connectivity index (χ3v) is 4.16. The Hall–Kier alpha value is -1.92. The molecule has 0 bridgehead atoms. The summed E-state index contributed by atoms with van der Waals surface area (Å²) in [6.45, 7) is 10.9. The average Bonchev–Trinajstić information content (AvgIpc) is 2.55. The second-order valence-corrected chi connectivity index (χ2v) is 5.63. The monoisotopic (exact) mass is 322 g/mol. The Kier molecular flexibility index (Phi) is 7.71. The maximum atomic E-state index is 10.6. The number of hydrogen-bond donors (Lipinski definition) is 3. The normalized spacial score (nSPS) is 16.1. The maximum Gasteiger partial charge on any atom is 0.335 e. The maximum absolute atomic E-state index is 10.6. The molecule has 0 amide bonds. The van der Waals surface area contributed by atoms with Crippen LogP contribution in [0.25, 0.3) is 0 Å². The minimum Gasteiger partial charge on any atom is -0.478 e. The van der Waals surface area contributed by atoms with Gasteiger partial charge in [0.25, 0.3) is 0 Å². The fourth-order valence-electron chi connectivity index (χ4n) is 2.48. The third-order valence-electron chi connectivity index (χ3n) is 4.16. The smallest absolute Gasteiger partial charge is 0.335 e. The minimum atomic E-state index is -1.11. The number of rotatable bonds is 4. The highest BCUT2D eigenvalue weighted by Gasteiger charge is 2.14. The molecule has 1 aromatic rings. The van der Waals surface area contributed by atoms with Crippen molar-refractivity contribution in [2.24, 2.45) is 0 Å². The molecule has 6 nitrogen and oxygen atoms in total. The van der Waals surface area contributed by atoms with Crippen molar-refractivity contribution in [3.05, 3.63) is 34.9 Å². The number of piperazine rings is 1. The van der Waals surface area contributed by atoms with Crippen molar-refractivity contribution in [1.29, 1.82) is 0 Å². The lowest BCUT2D eigenvalue weighted by Crippen LogP contribution is -2.47. The summed E-state index contributed by atoms with van der Waals surface area (Å²) in [6.07, 6.45) is 1.28. The van der Waals surface area contributed by atoms with Crippen LogP contribution in [0.15, 0.2) is 18.2 Å². The highest BCUT2D eigenvalue weighted by Crippen LogP contribution is 2.13. The van der Waals surface area contributed by atoms with E-state index < -0.39 is 11.9 Å². The predicted octanol–water partition coefficient (Wildman–Crippen LogP) is 2.08. The van der Waals surface area contributed by atoms with Crippen LogP contribution in [-0.2, 0) is 0 Å². The molecule has 128 valence electrons. The van der Waals surface area contributed by atoms with E-state index in [1.54, 1.807) is 0 Å². The molecule has 0 aliphatic carbocycles. The molecule has 0 spiro atoms. The first kappa shape index (κ1) is 19.1. The van der Waals surface area contributed by atoms with Gasteiger partial charge < -0.3 is 15.5 Å². The summed E-state index contributed by atoms with van der Waals surface area (Å²) in [4.78, 5) is 23.8. The van der Waals surface area contributed by atoms with Gasteiger partial charge >= 0.3 is 11.9 Å². The summed E-state index contributed by atoms with van der Waals surface area (Å²) in [6, 6.07) is 4.95. The van der Waals surface area contributed by atoms with E-state index in [-0.39, 0.29) is 16.7 Å². The van der Waals surface area contributed by atoms with E-state index in [1.165, 1.54) is 57.7 Å². The summed E-state index contributed by atoms with van der Waals surface area (Å²) in [5, 5.41) is 20.7. The molecule has 0 saturated carbocycles. The van der Waals surface area contributed by atoms with Crippen LogP contribution in [0.3, 0.4) is 0 Å². The van der Waals surface area contributed by atoms with E-state index in [0.29, 0.717) is 0 Å². The molecule has 0 radical (unpaired) electrons. The molecule has 2 rings (SSSR count). The Bertz CT molecular complexity index is 507. The number of nitrogens with one attached hydrogen (secondary N) is 1. The van der Waals surface area contributed by atoms with Crippen molar-refractivity contribution >= 4 is 11.9 Å². The molecule has 1 fully saturated rings. The number of carboxylic acids is 2. The predicted molar refractivity (Wildman–Crippen MR) is 89.3 cm³/mol. The Labute approximate surface area is 137 Å². The van der Waals surface area contributed by atoms with Crippen molar-refractivity contribution in [3.63, 3.8) is 0 Å². The average molecular weight is 322 g/mol. The van der Waals surface area contributed by atoms with Gasteiger partial charge in [-0.15, -0.1) is 0 Å². The van der Waals surface area contributed by atoms with Gasteiger partial charge in [0.05, 0.1) is 11.1 Å². The zero-order chi connectivity index (χ0) is 17.4. The first-order valence-electron chi connectivity index (χ1n) is 7.89. The van der Waals surface area contributed by atoms with Crippen molar-refractivity contribution in [3.8, 4) is 0 Å². The second kappa shape index (κ2) is 9.27. The van der Waals surface area contributed by atoms with Gasteiger partial charge in [-0.1, -0.05) is 13.0 Å². The van der Waals surface area contributed by atoms with E-state index in [9.17, 15) is 9.59 Å². The molecule has 6 heteroatoms. The molecular weight excluding hydrogens is 296 g/mol. The molecule has 3 N–H and O–H groups in total. The van der Waals surface area contributed by atoms with Crippen molar-refractivity contribution in [2.45, 2.75) is 33.2 Å². The van der Waals surface area contributed by atoms with Gasteiger partial charge in [0.15, 0.2) is 0 Å². The van der Waals surface area contributed by atoms with Crippen molar-refractivity contribution in [1.82, 2.24) is 10.2 Å². The summed E-state index contributed by atoms with van der Waals surface area (Å²) >= 11 is 0. The largest absolute Gasteiger partial charge is 0.478 e. The van der Waals surface area contributed by atoms with E-state index in [4.69, 9.17) is 10.2 Å². The molecular formula is C17H26N2O4. The molecule has 1 unspecified atom stereocenters. The standard InChI is InChI=1S/C9H8O4.C8H18N2/c1-5-6(8(10)11)3-2-4-7(5)9(12)13;1-3-8(2)10-6-4-9-5-7-10/h2-4H,1H3,(H,10,11)(H,12,13);8-9H,3-7H2,1-2H3. The lowest BCUT2D eigenvalue weighted by Gasteiger charge is -2.32. The molecule has 1 heterocycles. The Balaban J connectivity index is 0.000000238. The van der Waals surface area contributed by atoms with Crippen LogP contribution >= 0.6 is 0 Å². The Morgan fingerprint density at radius 3 is 2.04 bits per heavy atom. The van der Waals surface area contributed by atoms with E-state index in [1.807, 2.05) is 0 Å². The van der Waals surface area contributed by atoms with E-state index in [0.717, 1.165) is 6.04 Å². The van der Waals surface area contributed by atoms with Gasteiger partial charge in [-0.2, -0.15) is 0 Å². The number of carboxylic acid groups (broad SMARTS) is 2. The van der Waals surface area contributed by atoms with Crippen LogP contribution in [-0.4, -0.2) is 59.3 Å². The number of carbonyl (C=O) groups is 2. The summed E-state index contributed by atoms with van der Waals surface area (Å²) in [5.41, 5.74) is 0.335. The molecule has 1 atom stereocenters. The van der Waals surface area contributed by atoms with Crippen LogP contribution in [0.2, 0.25) is 0 Å². The van der Waals surface area contributed by atoms with Gasteiger partial charge in [-0.05, 0) is 38.0 Å². The lowest BCUT2D eigenvalue weighted by molar-refractivity contribution is 0.0696. The highest BCUT2D eigenvalue weighted by molar-refractivity contribution is 5.96. The van der Waals surface area contributed by atoms with Crippen LogP contribution < -0.4 is 5.32 Å². The zero-order valence-electron chi connectivity index (χ0n) is 14.0. The molecule has 1 aliphatic rings. The Morgan fingerprint density at radius 2 is 1.65 bits per heavy atom. The lowest BCUT2D eigenvalue weighted by atomic mass is 10.0. The van der Waals surface area contributed by atoms with Gasteiger partial charge in [-0.3, -0.25) is 4.90 Å². The van der Waals surface area contributed by atoms with Crippen LogP contribution in [0.1, 0.15) is 46.5 Å². The summed E-state index contributed by atoms with van der Waals surface area (Å²) in [7, 11) is 0. The van der Waals surface area contributed by atoms with Gasteiger partial charge in [0.2, 0.25) is 0 Å². The number of nitrogens with zero attached hydrogens (tertiary/aromatic N) is 1. The van der Waals surface area contributed by atoms with Crippen LogP contribution in [0, 0.1) is 6.92 Å². The first-order chi connectivity index (χ1) is 10.9. The highest BCUT2D eigenvalue weighted by atomic mass is 16.4. The number of benzene rings is 1. The quantitative estimate of drug-likeness (QED) is 0.786. The van der Waals surface area contributed by atoms with Gasteiger partial charge in [0.1, 0.15) is 0 Å². The van der Waals surface area contributed by atoms with E-state index >= 15 is 0 Å². The van der Waals surface area contributed by atoms with Crippen molar-refractivity contribution in [2.75, 3.05) is 26.2 Å². The zero-order valence-corrected chi connectivity index (χ0v) is 14.0. The van der Waals surface area contributed by atoms with Gasteiger partial charge in [0, 0.05) is 32.2 Å². The topological polar surface area (TPSA) is 89.9 Å². The first-order valence-corrected chi connectivity index (χ1v) is 7.89. The molecule has 1 saturated heterocycles. The molecule has 1 aromatic carbocycles. The van der Waals surface area contributed by atoms with Crippen LogP contribution in [0.5, 0.6) is 0 Å². The number of aromatic carboxylic acids is 2. The minimum absolute atomic E-state index is 0.0277.